The summed E-state index contributed by atoms with van der Waals surface area (Å²) in [5, 5.41) is 8.78. The highest BCUT2D eigenvalue weighted by Gasteiger charge is 2.68. The Labute approximate surface area is 152 Å². The highest BCUT2D eigenvalue weighted by molar-refractivity contribution is 6.46. The average Bonchev–Trinajstić information content (AvgIpc) is 2.83. The zero-order valence-electron chi connectivity index (χ0n) is 16.1. The number of alkyl halides is 3. The molecule has 5 atom stereocenters. The van der Waals surface area contributed by atoms with Crippen LogP contribution in [0.3, 0.4) is 0 Å². The first-order chi connectivity index (χ1) is 11.7. The second-order valence-corrected chi connectivity index (χ2v) is 9.01. The minimum atomic E-state index is -5.19. The Hall–Kier alpha value is -0.795. The van der Waals surface area contributed by atoms with Gasteiger partial charge in [-0.25, -0.2) is 0 Å². The Balaban J connectivity index is 0.000000298. The fourth-order valence-electron chi connectivity index (χ4n) is 4.82. The lowest BCUT2D eigenvalue weighted by Gasteiger charge is -2.64. The third-order valence-electron chi connectivity index (χ3n) is 6.36. The number of carboxylic acid groups (broad SMARTS) is 1. The summed E-state index contributed by atoms with van der Waals surface area (Å²) in [5.41, 5.74) is 4.63. The molecule has 1 heterocycles. The first-order valence-electron chi connectivity index (χ1n) is 9.14. The van der Waals surface area contributed by atoms with Crippen LogP contribution in [0, 0.1) is 23.2 Å². The summed E-state index contributed by atoms with van der Waals surface area (Å²) in [4.78, 5) is 8.78. The number of halogens is 3. The van der Waals surface area contributed by atoms with Crippen LogP contribution < -0.4 is 10.8 Å². The number of carbonyl (C=O) groups is 1. The van der Waals surface area contributed by atoms with E-state index in [4.69, 9.17) is 19.2 Å². The molecule has 3 aliphatic carbocycles. The monoisotopic (exact) mass is 379 g/mol. The largest absolute Gasteiger partial charge is 0.542 e. The molecule has 4 aliphatic rings. The fourth-order valence-corrected chi connectivity index (χ4v) is 4.82. The van der Waals surface area contributed by atoms with Crippen LogP contribution in [0.2, 0.25) is 0 Å². The molecular formula is C17H29BF3NO4. The average molecular weight is 379 g/mol. The third kappa shape index (κ3) is 3.89. The topological polar surface area (TPSA) is 86.2 Å². The minimum absolute atomic E-state index is 0.0736. The van der Waals surface area contributed by atoms with Gasteiger partial charge in [0.2, 0.25) is 0 Å². The maximum absolute atomic E-state index is 10.5. The van der Waals surface area contributed by atoms with E-state index in [0.717, 1.165) is 12.3 Å². The van der Waals surface area contributed by atoms with E-state index in [0.29, 0.717) is 23.4 Å². The maximum Gasteiger partial charge on any atom is 0.521 e. The number of hydrogen-bond donors (Lipinski definition) is 1. The first kappa shape index (κ1) is 21.5. The number of rotatable bonds is 3. The van der Waals surface area contributed by atoms with Crippen LogP contribution in [0.15, 0.2) is 0 Å². The van der Waals surface area contributed by atoms with E-state index in [1.165, 1.54) is 12.8 Å². The smallest absolute Gasteiger partial charge is 0.521 e. The van der Waals surface area contributed by atoms with E-state index in [2.05, 4.69) is 40.4 Å². The van der Waals surface area contributed by atoms with Crippen molar-refractivity contribution < 1.29 is 38.1 Å². The lowest BCUT2D eigenvalue weighted by molar-refractivity contribution is -0.400. The SMILES string of the molecule is CC(C)C[C@H]([NH3+])B1O[C@@H]2C[C@@H]3C[C@@H](C3(C)C)[C@]2(C)O1.O=C([O-])C(F)(F)F. The van der Waals surface area contributed by atoms with Crippen molar-refractivity contribution in [3.8, 4) is 0 Å². The molecule has 1 aliphatic heterocycles. The molecule has 2 bridgehead atoms. The van der Waals surface area contributed by atoms with Gasteiger partial charge in [0.25, 0.3) is 0 Å². The Morgan fingerprint density at radius 2 is 1.85 bits per heavy atom. The van der Waals surface area contributed by atoms with Crippen LogP contribution in [0.5, 0.6) is 0 Å². The van der Waals surface area contributed by atoms with Crippen molar-refractivity contribution in [3.63, 3.8) is 0 Å². The summed E-state index contributed by atoms with van der Waals surface area (Å²) >= 11 is 0. The Morgan fingerprint density at radius 1 is 1.31 bits per heavy atom. The minimum Gasteiger partial charge on any atom is -0.542 e. The molecule has 5 nitrogen and oxygen atoms in total. The van der Waals surface area contributed by atoms with Gasteiger partial charge in [0.15, 0.2) is 0 Å². The third-order valence-corrected chi connectivity index (χ3v) is 6.36. The highest BCUT2D eigenvalue weighted by atomic mass is 19.4. The van der Waals surface area contributed by atoms with Gasteiger partial charge >= 0.3 is 13.3 Å². The molecule has 3 N–H and O–H groups in total. The molecule has 150 valence electrons. The van der Waals surface area contributed by atoms with E-state index in [9.17, 15) is 13.2 Å². The van der Waals surface area contributed by atoms with Crippen LogP contribution in [0.4, 0.5) is 13.2 Å². The molecule has 26 heavy (non-hydrogen) atoms. The molecule has 4 fully saturated rings. The van der Waals surface area contributed by atoms with Crippen molar-refractivity contribution in [3.05, 3.63) is 0 Å². The quantitative estimate of drug-likeness (QED) is 0.747. The normalized spacial score (nSPS) is 35.9. The Kier molecular flexibility index (Phi) is 5.77. The van der Waals surface area contributed by atoms with Gasteiger partial charge in [0.1, 0.15) is 11.9 Å². The van der Waals surface area contributed by atoms with Crippen molar-refractivity contribution in [1.29, 1.82) is 0 Å². The molecule has 0 amide bonds. The molecule has 0 aromatic carbocycles. The van der Waals surface area contributed by atoms with Crippen LogP contribution in [0.1, 0.15) is 53.9 Å². The predicted molar refractivity (Wildman–Crippen MR) is 87.3 cm³/mol. The molecular weight excluding hydrogens is 350 g/mol. The van der Waals surface area contributed by atoms with Gasteiger partial charge in [-0.2, -0.15) is 13.2 Å². The van der Waals surface area contributed by atoms with Crippen molar-refractivity contribution in [1.82, 2.24) is 0 Å². The molecule has 9 heteroatoms. The number of aliphatic carboxylic acids is 1. The van der Waals surface area contributed by atoms with Gasteiger partial charge in [-0.1, -0.05) is 27.7 Å². The van der Waals surface area contributed by atoms with Gasteiger partial charge in [-0.3, -0.25) is 0 Å². The summed E-state index contributed by atoms with van der Waals surface area (Å²) in [5.74, 6) is -0.628. The molecule has 0 aromatic heterocycles. The van der Waals surface area contributed by atoms with Crippen molar-refractivity contribution in [2.75, 3.05) is 0 Å². The van der Waals surface area contributed by atoms with E-state index < -0.39 is 12.1 Å². The summed E-state index contributed by atoms with van der Waals surface area (Å²) < 4.78 is 44.2. The number of quaternary nitrogens is 1. The number of hydrogen-bond acceptors (Lipinski definition) is 4. The summed E-state index contributed by atoms with van der Waals surface area (Å²) in [6.45, 7) is 11.6. The van der Waals surface area contributed by atoms with Gasteiger partial charge in [-0.05, 0) is 49.4 Å². The number of carbonyl (C=O) groups excluding carboxylic acids is 1. The van der Waals surface area contributed by atoms with Crippen molar-refractivity contribution in [2.24, 2.45) is 23.2 Å². The van der Waals surface area contributed by atoms with Crippen LogP contribution in [-0.4, -0.2) is 36.9 Å². The molecule has 0 unspecified atom stereocenters. The Bertz CT molecular complexity index is 543. The van der Waals surface area contributed by atoms with Gasteiger partial charge in [0, 0.05) is 0 Å². The summed E-state index contributed by atoms with van der Waals surface area (Å²) in [6, 6.07) is 0. The molecule has 0 radical (unpaired) electrons. The van der Waals surface area contributed by atoms with Gasteiger partial charge in [0.05, 0.1) is 11.7 Å². The summed E-state index contributed by atoms with van der Waals surface area (Å²) in [6.07, 6.45) is -1.33. The fraction of sp³-hybridized carbons (Fsp3) is 0.941. The zero-order valence-corrected chi connectivity index (χ0v) is 16.1. The van der Waals surface area contributed by atoms with Gasteiger partial charge < -0.3 is 24.9 Å². The van der Waals surface area contributed by atoms with Crippen molar-refractivity contribution >= 4 is 13.1 Å². The molecule has 1 saturated heterocycles. The lowest BCUT2D eigenvalue weighted by Crippen LogP contribution is -2.69. The standard InChI is InChI=1S/C15H28BNO2.C2HF3O2/c1-9(2)6-13(17)16-18-12-8-10-7-11(14(10,3)4)15(12,5)19-16;3-2(4,5)1(6)7/h9-13H,6-8,17H2,1-5H3;(H,6,7)/t10-,11-,12+,13-,15-;/m0./s1. The highest BCUT2D eigenvalue weighted by Crippen LogP contribution is 2.65. The maximum atomic E-state index is 10.5. The van der Waals surface area contributed by atoms with Crippen molar-refractivity contribution in [2.45, 2.75) is 77.7 Å². The zero-order chi connectivity index (χ0) is 20.1. The van der Waals surface area contributed by atoms with Crippen LogP contribution in [0.25, 0.3) is 0 Å². The van der Waals surface area contributed by atoms with E-state index >= 15 is 0 Å². The van der Waals surface area contributed by atoms with E-state index in [-0.39, 0.29) is 18.7 Å². The second kappa shape index (κ2) is 6.98. The van der Waals surface area contributed by atoms with Crippen LogP contribution in [-0.2, 0) is 14.1 Å². The van der Waals surface area contributed by atoms with Crippen LogP contribution >= 0.6 is 0 Å². The van der Waals surface area contributed by atoms with E-state index in [1.54, 1.807) is 0 Å². The number of carboxylic acids is 1. The van der Waals surface area contributed by atoms with E-state index in [1.807, 2.05) is 0 Å². The first-order valence-corrected chi connectivity index (χ1v) is 9.14. The second-order valence-electron chi connectivity index (χ2n) is 9.01. The lowest BCUT2D eigenvalue weighted by atomic mass is 9.43. The molecule has 4 rings (SSSR count). The predicted octanol–water partition coefficient (Wildman–Crippen LogP) is 1.21. The van der Waals surface area contributed by atoms with Gasteiger partial charge in [-0.15, -0.1) is 0 Å². The Morgan fingerprint density at radius 3 is 2.27 bits per heavy atom. The molecule has 3 saturated carbocycles. The molecule has 0 aromatic rings. The summed E-state index contributed by atoms with van der Waals surface area (Å²) in [7, 11) is -0.0902. The molecule has 0 spiro atoms.